The topological polar surface area (TPSA) is 192 Å². The van der Waals surface area contributed by atoms with Crippen LogP contribution in [-0.4, -0.2) is 72.3 Å². The Morgan fingerprint density at radius 1 is 1.33 bits per heavy atom. The van der Waals surface area contributed by atoms with Crippen molar-refractivity contribution in [1.29, 1.82) is 5.41 Å². The number of likely N-dealkylation sites (N-methyl/N-ethyl adjacent to an activating group) is 1. The molecule has 0 aliphatic carbocycles. The molecular weight excluding hydrogens is 320 g/mol. The molecule has 8 N–H and O–H groups in total. The largest absolute Gasteiger partial charge is 0.481 e. The van der Waals surface area contributed by atoms with E-state index in [0.717, 1.165) is 4.90 Å². The third-order valence-corrected chi connectivity index (χ3v) is 3.12. The maximum Gasteiger partial charge on any atom is 0.305 e. The number of carbonyl (C=O) groups is 3. The maximum absolute atomic E-state index is 11.8. The van der Waals surface area contributed by atoms with Crippen molar-refractivity contribution in [2.75, 3.05) is 20.1 Å². The highest BCUT2D eigenvalue weighted by Gasteiger charge is 2.23. The van der Waals surface area contributed by atoms with E-state index in [2.05, 4.69) is 10.6 Å². The molecule has 11 heteroatoms. The first-order valence-electron chi connectivity index (χ1n) is 7.15. The number of rotatable bonds is 11. The molecule has 0 saturated carbocycles. The van der Waals surface area contributed by atoms with Gasteiger partial charge in [0.1, 0.15) is 6.04 Å². The Morgan fingerprint density at radius 3 is 2.46 bits per heavy atom. The fourth-order valence-electron chi connectivity index (χ4n) is 1.69. The Labute approximate surface area is 139 Å². The fraction of sp³-hybridized carbons (Fsp3) is 0.615. The van der Waals surface area contributed by atoms with Gasteiger partial charge in [-0.1, -0.05) is 0 Å². The lowest BCUT2D eigenvalue weighted by Gasteiger charge is -2.22. The molecule has 0 aromatic carbocycles. The Bertz CT molecular complexity index is 483. The normalized spacial score (nSPS) is 12.6. The molecule has 2 atom stereocenters. The molecule has 0 aromatic heterocycles. The smallest absolute Gasteiger partial charge is 0.305 e. The summed E-state index contributed by atoms with van der Waals surface area (Å²) in [6.45, 7) is -0.0173. The van der Waals surface area contributed by atoms with E-state index in [-0.39, 0.29) is 5.96 Å². The summed E-state index contributed by atoms with van der Waals surface area (Å²) in [5.41, 5.74) is 10.8. The highest BCUT2D eigenvalue weighted by molar-refractivity contribution is 5.89. The number of carboxylic acid groups (broad SMARTS) is 1. The highest BCUT2D eigenvalue weighted by atomic mass is 16.4. The number of guanidine groups is 1. The summed E-state index contributed by atoms with van der Waals surface area (Å²) in [7, 11) is 1.25. The number of nitrogens with zero attached hydrogens (tertiary/aromatic N) is 1. The molecule has 0 unspecified atom stereocenters. The van der Waals surface area contributed by atoms with Gasteiger partial charge in [0.25, 0.3) is 0 Å². The predicted octanol–water partition coefficient (Wildman–Crippen LogP) is -2.90. The lowest BCUT2D eigenvalue weighted by Crippen LogP contribution is -2.48. The van der Waals surface area contributed by atoms with Crippen LogP contribution in [0.3, 0.4) is 0 Å². The van der Waals surface area contributed by atoms with Gasteiger partial charge >= 0.3 is 5.97 Å². The third kappa shape index (κ3) is 8.68. The molecule has 0 bridgehead atoms. The molecule has 2 amide bonds. The monoisotopic (exact) mass is 343 g/mol. The minimum absolute atomic E-state index is 0.176. The van der Waals surface area contributed by atoms with Crippen molar-refractivity contribution >= 4 is 30.0 Å². The molecule has 0 saturated heterocycles. The van der Waals surface area contributed by atoms with Gasteiger partial charge < -0.3 is 32.1 Å². The van der Waals surface area contributed by atoms with Crippen molar-refractivity contribution in [3.63, 3.8) is 0 Å². The van der Waals surface area contributed by atoms with Gasteiger partial charge in [-0.2, -0.15) is 0 Å². The number of nitrogens with two attached hydrogens (primary N) is 2. The number of nitrogens with one attached hydrogen (secondary N) is 3. The van der Waals surface area contributed by atoms with Gasteiger partial charge in [-0.15, -0.1) is 0 Å². The predicted molar refractivity (Wildman–Crippen MR) is 84.6 cm³/mol. The van der Waals surface area contributed by atoms with Gasteiger partial charge in [-0.3, -0.25) is 24.6 Å². The minimum Gasteiger partial charge on any atom is -0.481 e. The van der Waals surface area contributed by atoms with Crippen LogP contribution in [0.25, 0.3) is 0 Å². The van der Waals surface area contributed by atoms with E-state index in [1.165, 1.54) is 13.3 Å². The number of aliphatic carboxylic acids is 1. The minimum atomic E-state index is -1.24. The second kappa shape index (κ2) is 10.9. The van der Waals surface area contributed by atoms with Gasteiger partial charge in [0.2, 0.25) is 18.1 Å². The summed E-state index contributed by atoms with van der Waals surface area (Å²) < 4.78 is 0. The summed E-state index contributed by atoms with van der Waals surface area (Å²) >= 11 is 0. The molecule has 0 aliphatic heterocycles. The van der Waals surface area contributed by atoms with E-state index in [0.29, 0.717) is 19.4 Å². The van der Waals surface area contributed by atoms with Crippen molar-refractivity contribution in [2.45, 2.75) is 31.3 Å². The summed E-state index contributed by atoms with van der Waals surface area (Å²) in [5, 5.41) is 20.5. The number of carboxylic acids is 1. The van der Waals surface area contributed by atoms with E-state index in [1.807, 2.05) is 0 Å². The summed E-state index contributed by atoms with van der Waals surface area (Å²) in [6.07, 6.45) is 1.73. The molecule has 0 spiro atoms. The van der Waals surface area contributed by atoms with E-state index in [9.17, 15) is 19.2 Å². The van der Waals surface area contributed by atoms with Crippen molar-refractivity contribution in [3.8, 4) is 0 Å². The number of hydrogen-bond donors (Lipinski definition) is 6. The van der Waals surface area contributed by atoms with Crippen molar-refractivity contribution in [2.24, 2.45) is 11.5 Å². The van der Waals surface area contributed by atoms with E-state index >= 15 is 0 Å². The molecule has 24 heavy (non-hydrogen) atoms. The van der Waals surface area contributed by atoms with Gasteiger partial charge in [0.15, 0.2) is 5.96 Å². The Hall–Kier alpha value is -2.69. The molecule has 0 rings (SSSR count). The van der Waals surface area contributed by atoms with Gasteiger partial charge in [0.05, 0.1) is 19.0 Å². The molecule has 11 nitrogen and oxygen atoms in total. The standard InChI is InChI=1S/C13H23N6O5/c1-19(8(7-20)5-11(22)23)10(21)6-18-12(24)9(14)3-2-4-17-13(15)16/h8-9H,2-6,14H2,1H3,(H,18,24)(H,22,23)(H4,15,16,17)/t8-,9-/m0/s1. The van der Waals surface area contributed by atoms with Crippen LogP contribution in [0.1, 0.15) is 19.3 Å². The number of carbonyl (C=O) groups excluding carboxylic acids is 3. The van der Waals surface area contributed by atoms with Gasteiger partial charge in [-0.05, 0) is 12.8 Å². The molecule has 1 radical (unpaired) electrons. The first-order chi connectivity index (χ1) is 11.2. The van der Waals surface area contributed by atoms with Gasteiger partial charge in [0, 0.05) is 13.6 Å². The van der Waals surface area contributed by atoms with Crippen LogP contribution in [0.4, 0.5) is 0 Å². The van der Waals surface area contributed by atoms with Crippen LogP contribution in [0.2, 0.25) is 0 Å². The van der Waals surface area contributed by atoms with Crippen LogP contribution >= 0.6 is 0 Å². The van der Waals surface area contributed by atoms with Crippen LogP contribution in [0.15, 0.2) is 0 Å². The molecule has 0 fully saturated rings. The Morgan fingerprint density at radius 2 is 1.96 bits per heavy atom. The first kappa shape index (κ1) is 21.3. The zero-order valence-electron chi connectivity index (χ0n) is 13.4. The summed E-state index contributed by atoms with van der Waals surface area (Å²) in [6, 6.07) is -2.07. The molecule has 0 aliphatic rings. The summed E-state index contributed by atoms with van der Waals surface area (Å²) in [4.78, 5) is 45.8. The average Bonchev–Trinajstić information content (AvgIpc) is 2.52. The second-order valence-electron chi connectivity index (χ2n) is 5.04. The second-order valence-corrected chi connectivity index (χ2v) is 5.04. The number of amides is 2. The first-order valence-corrected chi connectivity index (χ1v) is 7.15. The molecular formula is C13H23N6O5. The molecule has 135 valence electrons. The maximum atomic E-state index is 11.8. The Kier molecular flexibility index (Phi) is 9.71. The van der Waals surface area contributed by atoms with Crippen LogP contribution < -0.4 is 22.1 Å². The van der Waals surface area contributed by atoms with Gasteiger partial charge in [-0.25, -0.2) is 0 Å². The van der Waals surface area contributed by atoms with Crippen molar-refractivity contribution < 1.29 is 24.3 Å². The van der Waals surface area contributed by atoms with E-state index in [4.69, 9.17) is 22.0 Å². The van der Waals surface area contributed by atoms with E-state index in [1.54, 1.807) is 0 Å². The lowest BCUT2D eigenvalue weighted by atomic mass is 10.1. The molecule has 0 aromatic rings. The van der Waals surface area contributed by atoms with Crippen LogP contribution in [0.5, 0.6) is 0 Å². The average molecular weight is 343 g/mol. The number of hydrogen-bond acceptors (Lipinski definition) is 6. The van der Waals surface area contributed by atoms with E-state index < -0.39 is 42.8 Å². The zero-order chi connectivity index (χ0) is 18.7. The van der Waals surface area contributed by atoms with Crippen LogP contribution in [0, 0.1) is 5.41 Å². The fourth-order valence-corrected chi connectivity index (χ4v) is 1.69. The Balaban J connectivity index is 4.23. The van der Waals surface area contributed by atoms with Crippen molar-refractivity contribution in [3.05, 3.63) is 0 Å². The quantitative estimate of drug-likeness (QED) is 0.131. The van der Waals surface area contributed by atoms with Crippen molar-refractivity contribution in [1.82, 2.24) is 15.5 Å². The third-order valence-electron chi connectivity index (χ3n) is 3.12. The zero-order valence-corrected chi connectivity index (χ0v) is 13.4. The highest BCUT2D eigenvalue weighted by Crippen LogP contribution is 2.00. The SMILES string of the molecule is CN(C(=O)CNC(=O)[C@@H](N)CCCNC(=N)N)[C@H]([C]=O)CC(=O)O. The lowest BCUT2D eigenvalue weighted by molar-refractivity contribution is -0.139. The summed E-state index contributed by atoms with van der Waals surface area (Å²) in [5.74, 6) is -2.61. The van der Waals surface area contributed by atoms with Crippen LogP contribution in [-0.2, 0) is 19.2 Å². The molecule has 0 heterocycles.